The van der Waals surface area contributed by atoms with Crippen LogP contribution in [-0.4, -0.2) is 22.2 Å². The van der Waals surface area contributed by atoms with Crippen LogP contribution in [0.2, 0.25) is 0 Å². The number of thiazole rings is 1. The zero-order chi connectivity index (χ0) is 14.0. The molecule has 2 rings (SSSR count). The van der Waals surface area contributed by atoms with Gasteiger partial charge in [0, 0.05) is 17.0 Å². The summed E-state index contributed by atoms with van der Waals surface area (Å²) in [7, 11) is 1.56. The lowest BCUT2D eigenvalue weighted by molar-refractivity contribution is 0.205. The molecule has 0 aliphatic rings. The summed E-state index contributed by atoms with van der Waals surface area (Å²) in [4.78, 5) is 8.69. The predicted molar refractivity (Wildman–Crippen MR) is 75.7 cm³/mol. The van der Waals surface area contributed by atoms with Gasteiger partial charge in [0.1, 0.15) is 17.5 Å². The van der Waals surface area contributed by atoms with Crippen molar-refractivity contribution >= 4 is 11.3 Å². The van der Waals surface area contributed by atoms with Gasteiger partial charge in [-0.25, -0.2) is 4.98 Å². The first kappa shape index (κ1) is 14.0. The first-order valence-corrected chi connectivity index (χ1v) is 6.94. The summed E-state index contributed by atoms with van der Waals surface area (Å²) < 4.78 is 5.22. The van der Waals surface area contributed by atoms with E-state index < -0.39 is 6.10 Å². The van der Waals surface area contributed by atoms with Gasteiger partial charge in [-0.1, -0.05) is 20.8 Å². The number of hydrogen-bond donors (Lipinski definition) is 1. The van der Waals surface area contributed by atoms with Gasteiger partial charge >= 0.3 is 0 Å². The van der Waals surface area contributed by atoms with Crippen molar-refractivity contribution in [1.29, 1.82) is 0 Å². The van der Waals surface area contributed by atoms with Gasteiger partial charge in [-0.05, 0) is 12.1 Å². The summed E-state index contributed by atoms with van der Waals surface area (Å²) in [5.41, 5.74) is 1.10. The maximum Gasteiger partial charge on any atom is 0.143 e. The average Bonchev–Trinajstić information content (AvgIpc) is 2.87. The van der Waals surface area contributed by atoms with E-state index in [1.165, 1.54) is 0 Å². The van der Waals surface area contributed by atoms with Gasteiger partial charge in [0.2, 0.25) is 0 Å². The highest BCUT2D eigenvalue weighted by atomic mass is 32.1. The lowest BCUT2D eigenvalue weighted by Crippen LogP contribution is -2.11. The summed E-state index contributed by atoms with van der Waals surface area (Å²) >= 11 is 1.55. The van der Waals surface area contributed by atoms with Crippen LogP contribution in [-0.2, 0) is 5.41 Å². The maximum absolute atomic E-state index is 10.4. The van der Waals surface area contributed by atoms with E-state index in [4.69, 9.17) is 4.74 Å². The zero-order valence-corrected chi connectivity index (χ0v) is 12.4. The molecule has 102 valence electrons. The van der Waals surface area contributed by atoms with Crippen molar-refractivity contribution in [2.45, 2.75) is 32.3 Å². The van der Waals surface area contributed by atoms with Crippen molar-refractivity contribution < 1.29 is 9.84 Å². The second-order valence-corrected chi connectivity index (χ2v) is 6.18. The van der Waals surface area contributed by atoms with E-state index in [-0.39, 0.29) is 5.41 Å². The zero-order valence-electron chi connectivity index (χ0n) is 11.5. The lowest BCUT2D eigenvalue weighted by atomic mass is 9.98. The molecule has 2 aromatic rings. The Morgan fingerprint density at radius 2 is 2.11 bits per heavy atom. The molecule has 0 fully saturated rings. The first-order chi connectivity index (χ1) is 8.93. The van der Waals surface area contributed by atoms with E-state index in [9.17, 15) is 5.11 Å². The standard InChI is InChI=1S/C14H18N2O2S/c1-14(2,3)13-16-9(8-19-13)12(17)11-10(18-4)6-5-7-15-11/h5-8,12,17H,1-4H3. The van der Waals surface area contributed by atoms with Gasteiger partial charge in [-0.15, -0.1) is 11.3 Å². The summed E-state index contributed by atoms with van der Waals surface area (Å²) in [6, 6.07) is 3.55. The van der Waals surface area contributed by atoms with E-state index in [2.05, 4.69) is 30.7 Å². The van der Waals surface area contributed by atoms with Gasteiger partial charge in [-0.3, -0.25) is 4.98 Å². The first-order valence-electron chi connectivity index (χ1n) is 6.06. The van der Waals surface area contributed by atoms with Crippen LogP contribution >= 0.6 is 11.3 Å². The molecule has 2 heterocycles. The Morgan fingerprint density at radius 1 is 1.37 bits per heavy atom. The molecule has 0 bridgehead atoms. The minimum absolute atomic E-state index is 0.0170. The highest BCUT2D eigenvalue weighted by molar-refractivity contribution is 7.09. The SMILES string of the molecule is COc1cccnc1C(O)c1csc(C(C)(C)C)n1. The molecule has 5 heteroatoms. The Hall–Kier alpha value is -1.46. The summed E-state index contributed by atoms with van der Waals surface area (Å²) in [6.07, 6.45) is 0.779. The van der Waals surface area contributed by atoms with Crippen LogP contribution < -0.4 is 4.74 Å². The normalized spacial score (nSPS) is 13.3. The van der Waals surface area contributed by atoms with E-state index in [0.29, 0.717) is 17.1 Å². The lowest BCUT2D eigenvalue weighted by Gasteiger charge is -2.14. The third kappa shape index (κ3) is 2.93. The number of methoxy groups -OCH3 is 1. The molecular formula is C14H18N2O2S. The Bertz CT molecular complexity index is 561. The monoisotopic (exact) mass is 278 g/mol. The Balaban J connectivity index is 2.34. The summed E-state index contributed by atoms with van der Waals surface area (Å²) in [5.74, 6) is 0.570. The van der Waals surface area contributed by atoms with Gasteiger partial charge in [0.05, 0.1) is 17.8 Å². The van der Waals surface area contributed by atoms with Gasteiger partial charge < -0.3 is 9.84 Å². The number of pyridine rings is 1. The molecule has 0 spiro atoms. The Kier molecular flexibility index (Phi) is 3.87. The molecule has 1 unspecified atom stereocenters. The van der Waals surface area contributed by atoms with Gasteiger partial charge in [-0.2, -0.15) is 0 Å². The average molecular weight is 278 g/mol. The van der Waals surface area contributed by atoms with Gasteiger partial charge in [0.15, 0.2) is 0 Å². The topological polar surface area (TPSA) is 55.2 Å². The summed E-state index contributed by atoms with van der Waals surface area (Å²) in [6.45, 7) is 6.30. The molecule has 0 aliphatic carbocycles. The fourth-order valence-electron chi connectivity index (χ4n) is 1.68. The van der Waals surface area contributed by atoms with Crippen LogP contribution in [0.25, 0.3) is 0 Å². The molecule has 1 N–H and O–H groups in total. The van der Waals surface area contributed by atoms with Crippen molar-refractivity contribution in [3.63, 3.8) is 0 Å². The number of nitrogens with zero attached hydrogens (tertiary/aromatic N) is 2. The number of aliphatic hydroxyl groups excluding tert-OH is 1. The maximum atomic E-state index is 10.4. The molecule has 4 nitrogen and oxygen atoms in total. The van der Waals surface area contributed by atoms with Crippen LogP contribution in [0, 0.1) is 0 Å². The highest BCUT2D eigenvalue weighted by Crippen LogP contribution is 2.32. The second-order valence-electron chi connectivity index (χ2n) is 5.32. The smallest absolute Gasteiger partial charge is 0.143 e. The third-order valence-electron chi connectivity index (χ3n) is 2.72. The van der Waals surface area contributed by atoms with Gasteiger partial charge in [0.25, 0.3) is 0 Å². The predicted octanol–water partition coefficient (Wildman–Crippen LogP) is 2.93. The number of hydrogen-bond acceptors (Lipinski definition) is 5. The quantitative estimate of drug-likeness (QED) is 0.938. The Morgan fingerprint density at radius 3 is 2.68 bits per heavy atom. The van der Waals surface area contributed by atoms with Crippen LogP contribution in [0.3, 0.4) is 0 Å². The minimum Gasteiger partial charge on any atom is -0.495 e. The van der Waals surface area contributed by atoms with Crippen molar-refractivity contribution in [2.75, 3.05) is 7.11 Å². The molecular weight excluding hydrogens is 260 g/mol. The number of aliphatic hydroxyl groups is 1. The van der Waals surface area contributed by atoms with E-state index in [1.807, 2.05) is 5.38 Å². The molecule has 0 saturated carbocycles. The van der Waals surface area contributed by atoms with Crippen molar-refractivity contribution in [3.05, 3.63) is 40.1 Å². The fourth-order valence-corrected chi connectivity index (χ4v) is 2.60. The third-order valence-corrected chi connectivity index (χ3v) is 4.01. The van der Waals surface area contributed by atoms with E-state index in [1.54, 1.807) is 36.8 Å². The van der Waals surface area contributed by atoms with Crippen molar-refractivity contribution in [1.82, 2.24) is 9.97 Å². The van der Waals surface area contributed by atoms with Crippen molar-refractivity contribution in [2.24, 2.45) is 0 Å². The van der Waals surface area contributed by atoms with Crippen LogP contribution in [0.4, 0.5) is 0 Å². The number of rotatable bonds is 3. The molecule has 0 radical (unpaired) electrons. The molecule has 19 heavy (non-hydrogen) atoms. The van der Waals surface area contributed by atoms with Crippen molar-refractivity contribution in [3.8, 4) is 5.75 Å². The molecule has 0 aromatic carbocycles. The number of ether oxygens (including phenoxy) is 1. The molecule has 1 atom stereocenters. The molecule has 0 amide bonds. The number of aromatic nitrogens is 2. The minimum atomic E-state index is -0.858. The molecule has 2 aromatic heterocycles. The highest BCUT2D eigenvalue weighted by Gasteiger charge is 2.23. The van der Waals surface area contributed by atoms with E-state index in [0.717, 1.165) is 5.01 Å². The van der Waals surface area contributed by atoms with Crippen LogP contribution in [0.5, 0.6) is 5.75 Å². The van der Waals surface area contributed by atoms with Crippen LogP contribution in [0.15, 0.2) is 23.7 Å². The van der Waals surface area contributed by atoms with Crippen LogP contribution in [0.1, 0.15) is 43.3 Å². The fraction of sp³-hybridized carbons (Fsp3) is 0.429. The molecule has 0 saturated heterocycles. The second kappa shape index (κ2) is 5.27. The summed E-state index contributed by atoms with van der Waals surface area (Å²) in [5, 5.41) is 13.3. The largest absolute Gasteiger partial charge is 0.495 e. The van der Waals surface area contributed by atoms with E-state index >= 15 is 0 Å². The Labute approximate surface area is 117 Å². The molecule has 0 aliphatic heterocycles.